The van der Waals surface area contributed by atoms with Crippen molar-refractivity contribution in [2.45, 2.75) is 12.3 Å². The van der Waals surface area contributed by atoms with E-state index in [4.69, 9.17) is 5.10 Å². The molecule has 4 aromatic rings. The number of rotatable bonds is 3. The van der Waals surface area contributed by atoms with Crippen molar-refractivity contribution in [1.29, 1.82) is 0 Å². The number of hydrogen-bond donors (Lipinski definition) is 2. The van der Waals surface area contributed by atoms with Gasteiger partial charge < -0.3 is 10.4 Å². The molecular weight excluding hydrogens is 381 g/mol. The van der Waals surface area contributed by atoms with Gasteiger partial charge in [-0.3, -0.25) is 4.79 Å². The Morgan fingerprint density at radius 2 is 1.77 bits per heavy atom. The van der Waals surface area contributed by atoms with Crippen molar-refractivity contribution < 1.29 is 14.3 Å². The Bertz CT molecular complexity index is 1230. The first-order valence-electron chi connectivity index (χ1n) is 9.63. The summed E-state index contributed by atoms with van der Waals surface area (Å²) in [5, 5.41) is 17.4. The van der Waals surface area contributed by atoms with Crippen LogP contribution in [0.1, 0.15) is 23.5 Å². The fourth-order valence-corrected chi connectivity index (χ4v) is 3.95. The summed E-state index contributed by atoms with van der Waals surface area (Å²) >= 11 is 0. The molecule has 0 spiro atoms. The zero-order chi connectivity index (χ0) is 20.7. The molecule has 0 bridgehead atoms. The molecule has 1 aliphatic rings. The number of halogens is 1. The van der Waals surface area contributed by atoms with E-state index < -0.39 is 0 Å². The quantitative estimate of drug-likeness (QED) is 0.517. The largest absolute Gasteiger partial charge is 0.508 e. The number of hydrogen-bond acceptors (Lipinski definition) is 3. The van der Waals surface area contributed by atoms with Crippen LogP contribution in [0.3, 0.4) is 0 Å². The smallest absolute Gasteiger partial charge is 0.226 e. The zero-order valence-electron chi connectivity index (χ0n) is 15.9. The second kappa shape index (κ2) is 7.15. The van der Waals surface area contributed by atoms with Gasteiger partial charge in [-0.05, 0) is 35.9 Å². The summed E-state index contributed by atoms with van der Waals surface area (Å²) in [7, 11) is 0. The Hall–Kier alpha value is -3.93. The Morgan fingerprint density at radius 1 is 1.00 bits per heavy atom. The number of carbonyl (C=O) groups excluding carboxylic acids is 1. The van der Waals surface area contributed by atoms with Crippen molar-refractivity contribution in [3.05, 3.63) is 95.8 Å². The van der Waals surface area contributed by atoms with E-state index in [1.165, 1.54) is 12.1 Å². The molecule has 0 saturated carbocycles. The van der Waals surface area contributed by atoms with E-state index in [0.29, 0.717) is 11.5 Å². The molecule has 5 nitrogen and oxygen atoms in total. The van der Waals surface area contributed by atoms with E-state index in [-0.39, 0.29) is 29.8 Å². The lowest BCUT2D eigenvalue weighted by molar-refractivity contribution is -0.116. The van der Waals surface area contributed by atoms with Crippen LogP contribution in [0, 0.1) is 5.82 Å². The molecule has 30 heavy (non-hydrogen) atoms. The molecule has 1 aliphatic heterocycles. The van der Waals surface area contributed by atoms with E-state index in [9.17, 15) is 14.3 Å². The summed E-state index contributed by atoms with van der Waals surface area (Å²) in [5.41, 5.74) is 3.94. The Kier molecular flexibility index (Phi) is 4.32. The number of anilines is 1. The summed E-state index contributed by atoms with van der Waals surface area (Å²) in [5.74, 6) is -0.0633. The number of nitrogens with zero attached hydrogens (tertiary/aromatic N) is 2. The van der Waals surface area contributed by atoms with Crippen molar-refractivity contribution in [2.75, 3.05) is 5.32 Å². The van der Waals surface area contributed by atoms with E-state index in [1.807, 2.05) is 42.5 Å². The highest BCUT2D eigenvalue weighted by atomic mass is 19.1. The molecule has 6 heteroatoms. The highest BCUT2D eigenvalue weighted by Crippen LogP contribution is 2.44. The van der Waals surface area contributed by atoms with Crippen LogP contribution in [-0.2, 0) is 4.79 Å². The minimum atomic E-state index is -0.379. The third-order valence-corrected chi connectivity index (χ3v) is 5.31. The predicted molar refractivity (Wildman–Crippen MR) is 112 cm³/mol. The highest BCUT2D eigenvalue weighted by Gasteiger charge is 2.34. The second-order valence-electron chi connectivity index (χ2n) is 7.27. The maximum absolute atomic E-state index is 13.9. The van der Waals surface area contributed by atoms with Gasteiger partial charge in [0.25, 0.3) is 0 Å². The zero-order valence-corrected chi connectivity index (χ0v) is 15.9. The summed E-state index contributed by atoms with van der Waals surface area (Å²) < 4.78 is 15.5. The minimum Gasteiger partial charge on any atom is -0.508 e. The fraction of sp³-hybridized carbons (Fsp3) is 0.0833. The van der Waals surface area contributed by atoms with Crippen molar-refractivity contribution in [2.24, 2.45) is 0 Å². The van der Waals surface area contributed by atoms with Crippen LogP contribution in [0.5, 0.6) is 5.75 Å². The van der Waals surface area contributed by atoms with Crippen LogP contribution in [0.15, 0.2) is 78.9 Å². The monoisotopic (exact) mass is 399 g/mol. The normalized spacial score (nSPS) is 15.5. The van der Waals surface area contributed by atoms with E-state index in [1.54, 1.807) is 28.9 Å². The summed E-state index contributed by atoms with van der Waals surface area (Å²) in [4.78, 5) is 12.6. The summed E-state index contributed by atoms with van der Waals surface area (Å²) in [6.45, 7) is 0. The minimum absolute atomic E-state index is 0.141. The van der Waals surface area contributed by atoms with Gasteiger partial charge in [0, 0.05) is 23.5 Å². The second-order valence-corrected chi connectivity index (χ2v) is 7.27. The number of aromatic hydroxyl groups is 1. The van der Waals surface area contributed by atoms with Crippen LogP contribution in [-0.4, -0.2) is 20.8 Å². The van der Waals surface area contributed by atoms with E-state index >= 15 is 0 Å². The molecule has 3 aromatic carbocycles. The molecule has 1 atom stereocenters. The van der Waals surface area contributed by atoms with Gasteiger partial charge in [0.1, 0.15) is 17.4 Å². The number of aromatic nitrogens is 2. The Labute approximate surface area is 172 Å². The van der Waals surface area contributed by atoms with Gasteiger partial charge >= 0.3 is 0 Å². The molecule has 0 aliphatic carbocycles. The molecule has 2 heterocycles. The molecule has 0 radical (unpaired) electrons. The van der Waals surface area contributed by atoms with Crippen LogP contribution >= 0.6 is 0 Å². The number of fused-ring (bicyclic) bond motifs is 1. The van der Waals surface area contributed by atoms with Crippen LogP contribution in [0.4, 0.5) is 10.2 Å². The predicted octanol–water partition coefficient (Wildman–Crippen LogP) is 4.86. The number of nitrogens with one attached hydrogen (secondary N) is 1. The maximum Gasteiger partial charge on any atom is 0.226 e. The number of carbonyl (C=O) groups is 1. The van der Waals surface area contributed by atoms with Gasteiger partial charge in [0.05, 0.1) is 11.4 Å². The topological polar surface area (TPSA) is 67.1 Å². The van der Waals surface area contributed by atoms with Crippen LogP contribution in [0.25, 0.3) is 16.9 Å². The average molecular weight is 399 g/mol. The lowest BCUT2D eigenvalue weighted by atomic mass is 9.84. The molecule has 148 valence electrons. The van der Waals surface area contributed by atoms with Gasteiger partial charge in [-0.15, -0.1) is 0 Å². The molecule has 0 unspecified atom stereocenters. The summed E-state index contributed by atoms with van der Waals surface area (Å²) in [6.07, 6.45) is 0.256. The third-order valence-electron chi connectivity index (χ3n) is 5.31. The standard InChI is InChI=1S/C24H18FN3O2/c25-17-7-4-8-18(13-17)28-24-22(23(27-28)16-5-2-1-3-6-16)20(14-21(30)26-24)15-9-11-19(29)12-10-15/h1-13,20,29H,14H2,(H,26,30)/t20-/m0/s1. The maximum atomic E-state index is 13.9. The first kappa shape index (κ1) is 18.1. The average Bonchev–Trinajstić information content (AvgIpc) is 3.14. The molecule has 1 aromatic heterocycles. The van der Waals surface area contributed by atoms with Gasteiger partial charge in [-0.1, -0.05) is 48.5 Å². The van der Waals surface area contributed by atoms with Crippen molar-refractivity contribution in [1.82, 2.24) is 9.78 Å². The molecule has 0 fully saturated rings. The van der Waals surface area contributed by atoms with Gasteiger partial charge in [-0.2, -0.15) is 5.10 Å². The first-order valence-corrected chi connectivity index (χ1v) is 9.63. The lowest BCUT2D eigenvalue weighted by Crippen LogP contribution is -2.24. The van der Waals surface area contributed by atoms with Gasteiger partial charge in [0.15, 0.2) is 0 Å². The van der Waals surface area contributed by atoms with Crippen LogP contribution < -0.4 is 5.32 Å². The first-order chi connectivity index (χ1) is 14.6. The number of phenols is 1. The van der Waals surface area contributed by atoms with Gasteiger partial charge in [0.2, 0.25) is 5.91 Å². The molecule has 0 saturated heterocycles. The van der Waals surface area contributed by atoms with E-state index in [0.717, 1.165) is 22.4 Å². The van der Waals surface area contributed by atoms with Crippen LogP contribution in [0.2, 0.25) is 0 Å². The number of phenolic OH excluding ortho intramolecular Hbond substituents is 1. The summed E-state index contributed by atoms with van der Waals surface area (Å²) in [6, 6.07) is 22.7. The van der Waals surface area contributed by atoms with Crippen molar-refractivity contribution in [3.8, 4) is 22.7 Å². The molecule has 2 N–H and O–H groups in total. The number of amides is 1. The molecular formula is C24H18FN3O2. The Morgan fingerprint density at radius 3 is 2.50 bits per heavy atom. The van der Waals surface area contributed by atoms with Crippen molar-refractivity contribution in [3.63, 3.8) is 0 Å². The SMILES string of the molecule is O=C1C[C@@H](c2ccc(O)cc2)c2c(-c3ccccc3)nn(-c3cccc(F)c3)c2N1. The van der Waals surface area contributed by atoms with Crippen molar-refractivity contribution >= 4 is 11.7 Å². The fourth-order valence-electron chi connectivity index (χ4n) is 3.95. The highest BCUT2D eigenvalue weighted by molar-refractivity contribution is 5.96. The lowest BCUT2D eigenvalue weighted by Gasteiger charge is -2.25. The molecule has 5 rings (SSSR count). The van der Waals surface area contributed by atoms with Gasteiger partial charge in [-0.25, -0.2) is 9.07 Å². The number of benzene rings is 3. The third kappa shape index (κ3) is 3.12. The van der Waals surface area contributed by atoms with E-state index in [2.05, 4.69) is 5.32 Å². The Balaban J connectivity index is 1.77. The molecule has 1 amide bonds.